The Kier molecular flexibility index (Phi) is 9.73. The van der Waals surface area contributed by atoms with E-state index in [0.717, 1.165) is 48.2 Å². The Labute approximate surface area is 215 Å². The fourth-order valence-corrected chi connectivity index (χ4v) is 4.75. The topological polar surface area (TPSA) is 43.7 Å². The van der Waals surface area contributed by atoms with Crippen molar-refractivity contribution >= 4 is 29.1 Å². The molecule has 0 aliphatic carbocycles. The molecule has 35 heavy (non-hydrogen) atoms. The van der Waals surface area contributed by atoms with Gasteiger partial charge < -0.3 is 10.2 Å². The Morgan fingerprint density at radius 3 is 2.20 bits per heavy atom. The van der Waals surface area contributed by atoms with Crippen LogP contribution in [-0.2, 0) is 0 Å². The number of hydrogen-bond donors (Lipinski definition) is 2. The summed E-state index contributed by atoms with van der Waals surface area (Å²) in [5.41, 5.74) is 8.21. The van der Waals surface area contributed by atoms with Gasteiger partial charge in [-0.15, -0.1) is 12.4 Å². The van der Waals surface area contributed by atoms with Crippen LogP contribution in [0.3, 0.4) is 0 Å². The van der Waals surface area contributed by atoms with Crippen molar-refractivity contribution in [1.82, 2.24) is 4.90 Å². The summed E-state index contributed by atoms with van der Waals surface area (Å²) in [6.45, 7) is 6.75. The van der Waals surface area contributed by atoms with Crippen LogP contribution in [0.2, 0.25) is 0 Å². The van der Waals surface area contributed by atoms with E-state index in [1.165, 1.54) is 16.7 Å². The zero-order chi connectivity index (χ0) is 23.9. The standard InChI is InChI=1S/C31H35NO2.ClH/c1-23(2)32-19-17-25(18-20-32)24-13-15-27(16-14-24)31(28-10-6-11-29(34)22-28)30(12-7-21-33)26-8-4-3-5-9-26;/h3-6,8-11,13-17,22-23,33-34H,7,12,18-21H2,1-2H3;1H/b31-30+;. The number of aliphatic hydroxyl groups is 1. The largest absolute Gasteiger partial charge is 0.508 e. The first kappa shape index (κ1) is 26.7. The van der Waals surface area contributed by atoms with Gasteiger partial charge in [0.25, 0.3) is 0 Å². The van der Waals surface area contributed by atoms with E-state index >= 15 is 0 Å². The number of aromatic hydroxyl groups is 1. The van der Waals surface area contributed by atoms with Gasteiger partial charge in [0.1, 0.15) is 5.75 Å². The summed E-state index contributed by atoms with van der Waals surface area (Å²) in [5, 5.41) is 19.8. The highest BCUT2D eigenvalue weighted by molar-refractivity contribution is 5.99. The van der Waals surface area contributed by atoms with Crippen LogP contribution in [0.25, 0.3) is 16.7 Å². The Hall–Kier alpha value is -2.85. The van der Waals surface area contributed by atoms with Crippen molar-refractivity contribution in [2.75, 3.05) is 19.7 Å². The second kappa shape index (κ2) is 12.7. The van der Waals surface area contributed by atoms with Crippen LogP contribution < -0.4 is 0 Å². The molecular weight excluding hydrogens is 454 g/mol. The van der Waals surface area contributed by atoms with E-state index in [9.17, 15) is 10.2 Å². The molecule has 3 aromatic carbocycles. The molecule has 1 aliphatic rings. The van der Waals surface area contributed by atoms with Gasteiger partial charge in [0.2, 0.25) is 0 Å². The molecule has 0 amide bonds. The molecule has 0 aromatic heterocycles. The molecule has 0 unspecified atom stereocenters. The lowest BCUT2D eigenvalue weighted by molar-refractivity contribution is 0.245. The molecule has 4 heteroatoms. The molecule has 0 fully saturated rings. The minimum absolute atomic E-state index is 0. The van der Waals surface area contributed by atoms with E-state index in [4.69, 9.17) is 0 Å². The van der Waals surface area contributed by atoms with E-state index in [1.807, 2.05) is 30.3 Å². The molecule has 0 bridgehead atoms. The summed E-state index contributed by atoms with van der Waals surface area (Å²) in [7, 11) is 0. The van der Waals surface area contributed by atoms with Gasteiger partial charge in [-0.05, 0) is 84.2 Å². The second-order valence-electron chi connectivity index (χ2n) is 9.24. The monoisotopic (exact) mass is 489 g/mol. The molecule has 1 aliphatic heterocycles. The molecule has 0 radical (unpaired) electrons. The van der Waals surface area contributed by atoms with Crippen molar-refractivity contribution in [3.8, 4) is 5.75 Å². The van der Waals surface area contributed by atoms with E-state index in [2.05, 4.69) is 67.3 Å². The molecule has 3 aromatic rings. The normalized spacial score (nSPS) is 14.8. The Bertz CT molecular complexity index is 1150. The molecule has 2 N–H and O–H groups in total. The van der Waals surface area contributed by atoms with Gasteiger partial charge in [0, 0.05) is 25.7 Å². The van der Waals surface area contributed by atoms with Crippen LogP contribution in [0.4, 0.5) is 0 Å². The van der Waals surface area contributed by atoms with E-state index < -0.39 is 0 Å². The lowest BCUT2D eigenvalue weighted by Crippen LogP contribution is -2.34. The smallest absolute Gasteiger partial charge is 0.116 e. The van der Waals surface area contributed by atoms with Crippen LogP contribution in [-0.4, -0.2) is 40.9 Å². The molecule has 3 nitrogen and oxygen atoms in total. The van der Waals surface area contributed by atoms with Crippen molar-refractivity contribution < 1.29 is 10.2 Å². The zero-order valence-corrected chi connectivity index (χ0v) is 21.5. The maximum Gasteiger partial charge on any atom is 0.116 e. The van der Waals surface area contributed by atoms with Crippen LogP contribution in [0.1, 0.15) is 55.4 Å². The number of phenolic OH excluding ortho intramolecular Hbond substituents is 1. The predicted octanol–water partition coefficient (Wildman–Crippen LogP) is 7.04. The number of phenols is 1. The van der Waals surface area contributed by atoms with Gasteiger partial charge in [-0.2, -0.15) is 0 Å². The third kappa shape index (κ3) is 6.64. The highest BCUT2D eigenvalue weighted by Crippen LogP contribution is 2.37. The van der Waals surface area contributed by atoms with Crippen LogP contribution in [0.5, 0.6) is 5.75 Å². The average molecular weight is 490 g/mol. The maximum absolute atomic E-state index is 10.2. The average Bonchev–Trinajstić information content (AvgIpc) is 2.87. The van der Waals surface area contributed by atoms with Crippen LogP contribution >= 0.6 is 12.4 Å². The summed E-state index contributed by atoms with van der Waals surface area (Å²) in [6.07, 6.45) is 4.87. The number of benzene rings is 3. The molecule has 4 rings (SSSR count). The predicted molar refractivity (Wildman–Crippen MR) is 150 cm³/mol. The number of allylic oxidation sites excluding steroid dienone is 1. The molecular formula is C31H36ClNO2. The number of rotatable bonds is 8. The van der Waals surface area contributed by atoms with Gasteiger partial charge in [-0.1, -0.05) is 72.8 Å². The van der Waals surface area contributed by atoms with Crippen LogP contribution in [0.15, 0.2) is 84.9 Å². The number of nitrogens with zero attached hydrogens (tertiary/aromatic N) is 1. The van der Waals surface area contributed by atoms with Crippen molar-refractivity contribution in [1.29, 1.82) is 0 Å². The second-order valence-corrected chi connectivity index (χ2v) is 9.24. The van der Waals surface area contributed by atoms with Gasteiger partial charge >= 0.3 is 0 Å². The number of hydrogen-bond acceptors (Lipinski definition) is 3. The van der Waals surface area contributed by atoms with Gasteiger partial charge in [0.05, 0.1) is 0 Å². The molecule has 0 spiro atoms. The third-order valence-corrected chi connectivity index (χ3v) is 6.66. The molecule has 0 atom stereocenters. The summed E-state index contributed by atoms with van der Waals surface area (Å²) in [4.78, 5) is 2.49. The molecule has 0 saturated heterocycles. The van der Waals surface area contributed by atoms with Crippen molar-refractivity contribution in [2.24, 2.45) is 0 Å². The quantitative estimate of drug-likeness (QED) is 0.333. The highest BCUT2D eigenvalue weighted by Gasteiger charge is 2.17. The van der Waals surface area contributed by atoms with Crippen molar-refractivity contribution in [3.63, 3.8) is 0 Å². The number of halogens is 1. The summed E-state index contributed by atoms with van der Waals surface area (Å²) >= 11 is 0. The summed E-state index contributed by atoms with van der Waals surface area (Å²) < 4.78 is 0. The van der Waals surface area contributed by atoms with Crippen molar-refractivity contribution in [2.45, 2.75) is 39.2 Å². The van der Waals surface area contributed by atoms with Crippen molar-refractivity contribution in [3.05, 3.63) is 107 Å². The molecule has 0 saturated carbocycles. The summed E-state index contributed by atoms with van der Waals surface area (Å²) in [6, 6.07) is 27.3. The molecule has 1 heterocycles. The highest BCUT2D eigenvalue weighted by atomic mass is 35.5. The third-order valence-electron chi connectivity index (χ3n) is 6.66. The summed E-state index contributed by atoms with van der Waals surface area (Å²) in [5.74, 6) is 0.253. The molecule has 184 valence electrons. The van der Waals surface area contributed by atoms with E-state index in [0.29, 0.717) is 12.5 Å². The van der Waals surface area contributed by atoms with Crippen LogP contribution in [0, 0.1) is 0 Å². The van der Waals surface area contributed by atoms with Gasteiger partial charge in [-0.25, -0.2) is 0 Å². The minimum Gasteiger partial charge on any atom is -0.508 e. The minimum atomic E-state index is 0. The first-order valence-electron chi connectivity index (χ1n) is 12.3. The Morgan fingerprint density at radius 2 is 1.60 bits per heavy atom. The SMILES string of the molecule is CC(C)N1CC=C(c2ccc(/C(=C(/CCCO)c3ccccc3)c3cccc(O)c3)cc2)CC1.Cl. The fourth-order valence-electron chi connectivity index (χ4n) is 4.75. The fraction of sp³-hybridized carbons (Fsp3) is 0.290. The van der Waals surface area contributed by atoms with E-state index in [-0.39, 0.29) is 24.8 Å². The lowest BCUT2D eigenvalue weighted by Gasteiger charge is -2.29. The first-order valence-corrected chi connectivity index (χ1v) is 12.3. The zero-order valence-electron chi connectivity index (χ0n) is 20.7. The Morgan fingerprint density at radius 1 is 0.886 bits per heavy atom. The van der Waals surface area contributed by atoms with Gasteiger partial charge in [-0.3, -0.25) is 4.90 Å². The Balaban J connectivity index is 0.00000342. The first-order chi connectivity index (χ1) is 16.6. The van der Waals surface area contributed by atoms with E-state index in [1.54, 1.807) is 6.07 Å². The number of aliphatic hydroxyl groups excluding tert-OH is 1. The lowest BCUT2D eigenvalue weighted by atomic mass is 9.86. The maximum atomic E-state index is 10.2. The van der Waals surface area contributed by atoms with Gasteiger partial charge in [0.15, 0.2) is 0 Å².